The van der Waals surface area contributed by atoms with Crippen molar-refractivity contribution in [2.24, 2.45) is 0 Å². The van der Waals surface area contributed by atoms with Crippen LogP contribution in [0.25, 0.3) is 0 Å². The van der Waals surface area contributed by atoms with Crippen LogP contribution in [0.2, 0.25) is 0 Å². The number of hydrogen-bond acceptors (Lipinski definition) is 3. The summed E-state index contributed by atoms with van der Waals surface area (Å²) < 4.78 is 5.68. The summed E-state index contributed by atoms with van der Waals surface area (Å²) in [6.07, 6.45) is 7.12. The van der Waals surface area contributed by atoms with Crippen molar-refractivity contribution in [3.05, 3.63) is 0 Å². The lowest BCUT2D eigenvalue weighted by Crippen LogP contribution is -2.37. The van der Waals surface area contributed by atoms with E-state index in [1.54, 1.807) is 0 Å². The van der Waals surface area contributed by atoms with Gasteiger partial charge in [-0.1, -0.05) is 19.3 Å². The Hall–Kier alpha value is 0.270. The Balaban J connectivity index is 1.69. The molecule has 1 saturated heterocycles. The highest BCUT2D eigenvalue weighted by atomic mass is 32.2. The van der Waals surface area contributed by atoms with E-state index < -0.39 is 0 Å². The third-order valence-corrected chi connectivity index (χ3v) is 4.25. The lowest BCUT2D eigenvalue weighted by molar-refractivity contribution is 0.0847. The molecular formula is C10H19NOS. The molecule has 0 aromatic rings. The molecule has 0 aromatic carbocycles. The van der Waals surface area contributed by atoms with E-state index in [1.807, 2.05) is 0 Å². The van der Waals surface area contributed by atoms with Gasteiger partial charge in [0.2, 0.25) is 0 Å². The predicted molar refractivity (Wildman–Crippen MR) is 57.1 cm³/mol. The highest BCUT2D eigenvalue weighted by Crippen LogP contribution is 2.31. The fourth-order valence-electron chi connectivity index (χ4n) is 2.04. The van der Waals surface area contributed by atoms with Gasteiger partial charge < -0.3 is 10.1 Å². The second-order valence-corrected chi connectivity index (χ2v) is 5.37. The maximum absolute atomic E-state index is 5.68. The lowest BCUT2D eigenvalue weighted by atomic mass is 10.0. The maximum Gasteiger partial charge on any atom is 0.115 e. The van der Waals surface area contributed by atoms with Gasteiger partial charge in [0, 0.05) is 18.3 Å². The minimum atomic E-state index is 0.428. The average molecular weight is 201 g/mol. The summed E-state index contributed by atoms with van der Waals surface area (Å²) in [5.41, 5.74) is 0.428. The van der Waals surface area contributed by atoms with E-state index in [1.165, 1.54) is 32.1 Å². The molecular weight excluding hydrogens is 182 g/mol. The van der Waals surface area contributed by atoms with Crippen LogP contribution < -0.4 is 5.32 Å². The van der Waals surface area contributed by atoms with Gasteiger partial charge in [-0.25, -0.2) is 0 Å². The number of rotatable bonds is 2. The van der Waals surface area contributed by atoms with Crippen molar-refractivity contribution in [1.82, 2.24) is 5.32 Å². The zero-order valence-electron chi connectivity index (χ0n) is 8.13. The molecule has 3 heteroatoms. The van der Waals surface area contributed by atoms with Crippen LogP contribution >= 0.6 is 11.8 Å². The van der Waals surface area contributed by atoms with Crippen molar-refractivity contribution in [2.45, 2.75) is 42.8 Å². The molecule has 0 radical (unpaired) electrons. The van der Waals surface area contributed by atoms with Crippen molar-refractivity contribution in [1.29, 1.82) is 0 Å². The summed E-state index contributed by atoms with van der Waals surface area (Å²) >= 11 is 2.06. The Bertz CT molecular complexity index is 126. The minimum Gasteiger partial charge on any atom is -0.365 e. The second kappa shape index (κ2) is 5.23. The first-order valence-electron chi connectivity index (χ1n) is 5.43. The van der Waals surface area contributed by atoms with Gasteiger partial charge in [0.25, 0.3) is 0 Å². The molecule has 1 atom stereocenters. The fourth-order valence-corrected chi connectivity index (χ4v) is 3.47. The van der Waals surface area contributed by atoms with Crippen molar-refractivity contribution in [3.8, 4) is 0 Å². The zero-order chi connectivity index (χ0) is 8.93. The van der Waals surface area contributed by atoms with Gasteiger partial charge in [-0.15, -0.1) is 11.8 Å². The van der Waals surface area contributed by atoms with Crippen LogP contribution in [0.1, 0.15) is 32.1 Å². The Morgan fingerprint density at radius 1 is 1.15 bits per heavy atom. The summed E-state index contributed by atoms with van der Waals surface area (Å²) in [4.78, 5) is 0. The molecule has 1 saturated carbocycles. The summed E-state index contributed by atoms with van der Waals surface area (Å²) in [7, 11) is 0. The van der Waals surface area contributed by atoms with Crippen molar-refractivity contribution < 1.29 is 4.74 Å². The third-order valence-electron chi connectivity index (χ3n) is 2.79. The minimum absolute atomic E-state index is 0.428. The van der Waals surface area contributed by atoms with Gasteiger partial charge >= 0.3 is 0 Å². The van der Waals surface area contributed by atoms with Crippen molar-refractivity contribution in [3.63, 3.8) is 0 Å². The summed E-state index contributed by atoms with van der Waals surface area (Å²) in [6.45, 7) is 2.97. The average Bonchev–Trinajstić information content (AvgIpc) is 2.21. The van der Waals surface area contributed by atoms with E-state index in [4.69, 9.17) is 4.74 Å². The summed E-state index contributed by atoms with van der Waals surface area (Å²) in [6, 6.07) is 0. The second-order valence-electron chi connectivity index (χ2n) is 3.90. The Morgan fingerprint density at radius 3 is 2.69 bits per heavy atom. The number of ether oxygens (including phenoxy) is 1. The van der Waals surface area contributed by atoms with E-state index in [0.29, 0.717) is 5.44 Å². The molecule has 0 amide bonds. The van der Waals surface area contributed by atoms with E-state index >= 15 is 0 Å². The smallest absolute Gasteiger partial charge is 0.115 e. The van der Waals surface area contributed by atoms with Crippen LogP contribution in [0.15, 0.2) is 0 Å². The molecule has 2 nitrogen and oxygen atoms in total. The standard InChI is InChI=1S/C10H19NOS/c1-2-4-9(5-3-1)13-10-8-11-6-7-12-10/h9-11H,1-8H2. The number of thioether (sulfide) groups is 1. The Kier molecular flexibility index (Phi) is 3.94. The SMILES string of the molecule is C1CCC(SC2CNCCO2)CC1. The van der Waals surface area contributed by atoms with Crippen LogP contribution in [0, 0.1) is 0 Å². The molecule has 0 bridgehead atoms. The summed E-state index contributed by atoms with van der Waals surface area (Å²) in [5.74, 6) is 0. The first-order chi connectivity index (χ1) is 6.45. The molecule has 1 aliphatic carbocycles. The van der Waals surface area contributed by atoms with Crippen LogP contribution in [0.4, 0.5) is 0 Å². The Morgan fingerprint density at radius 2 is 2.00 bits per heavy atom. The highest BCUT2D eigenvalue weighted by Gasteiger charge is 2.21. The molecule has 76 valence electrons. The molecule has 1 N–H and O–H groups in total. The zero-order valence-corrected chi connectivity index (χ0v) is 8.94. The molecule has 0 aromatic heterocycles. The maximum atomic E-state index is 5.68. The molecule has 2 aliphatic rings. The fraction of sp³-hybridized carbons (Fsp3) is 1.00. The van der Waals surface area contributed by atoms with Gasteiger partial charge in [-0.2, -0.15) is 0 Å². The van der Waals surface area contributed by atoms with Gasteiger partial charge in [0.1, 0.15) is 5.44 Å². The van der Waals surface area contributed by atoms with E-state index in [0.717, 1.165) is 24.9 Å². The predicted octanol–water partition coefficient (Wildman–Crippen LogP) is 2.00. The normalized spacial score (nSPS) is 31.8. The van der Waals surface area contributed by atoms with E-state index in [9.17, 15) is 0 Å². The van der Waals surface area contributed by atoms with Crippen molar-refractivity contribution in [2.75, 3.05) is 19.7 Å². The van der Waals surface area contributed by atoms with Crippen LogP contribution in [-0.4, -0.2) is 30.4 Å². The quantitative estimate of drug-likeness (QED) is 0.738. The number of nitrogens with one attached hydrogen (secondary N) is 1. The van der Waals surface area contributed by atoms with Gasteiger partial charge in [0.05, 0.1) is 6.61 Å². The van der Waals surface area contributed by atoms with Gasteiger partial charge in [-0.3, -0.25) is 0 Å². The lowest BCUT2D eigenvalue weighted by Gasteiger charge is -2.29. The molecule has 1 unspecified atom stereocenters. The van der Waals surface area contributed by atoms with Crippen LogP contribution in [-0.2, 0) is 4.74 Å². The highest BCUT2D eigenvalue weighted by molar-refractivity contribution is 8.00. The molecule has 1 heterocycles. The van der Waals surface area contributed by atoms with Crippen LogP contribution in [0.5, 0.6) is 0 Å². The molecule has 2 fully saturated rings. The number of hydrogen-bond donors (Lipinski definition) is 1. The first-order valence-corrected chi connectivity index (χ1v) is 6.37. The monoisotopic (exact) mass is 201 g/mol. The van der Waals surface area contributed by atoms with E-state index in [-0.39, 0.29) is 0 Å². The van der Waals surface area contributed by atoms with Gasteiger partial charge in [0.15, 0.2) is 0 Å². The van der Waals surface area contributed by atoms with Gasteiger partial charge in [-0.05, 0) is 12.8 Å². The third kappa shape index (κ3) is 3.15. The summed E-state index contributed by atoms with van der Waals surface area (Å²) in [5, 5.41) is 4.25. The largest absolute Gasteiger partial charge is 0.365 e. The van der Waals surface area contributed by atoms with E-state index in [2.05, 4.69) is 17.1 Å². The molecule has 2 rings (SSSR count). The van der Waals surface area contributed by atoms with Crippen molar-refractivity contribution >= 4 is 11.8 Å². The number of morpholine rings is 1. The molecule has 0 spiro atoms. The topological polar surface area (TPSA) is 21.3 Å². The molecule has 13 heavy (non-hydrogen) atoms. The first kappa shape index (κ1) is 9.81. The molecule has 1 aliphatic heterocycles. The van der Waals surface area contributed by atoms with Crippen LogP contribution in [0.3, 0.4) is 0 Å². The Labute approximate surface area is 84.8 Å².